The molecule has 8 heteroatoms. The number of aliphatic imine (C=N–C) groups is 1. The predicted molar refractivity (Wildman–Crippen MR) is 113 cm³/mol. The Morgan fingerprint density at radius 2 is 2.04 bits per heavy atom. The van der Waals surface area contributed by atoms with E-state index in [2.05, 4.69) is 15.6 Å². The van der Waals surface area contributed by atoms with Crippen LogP contribution in [0.1, 0.15) is 44.6 Å². The molecule has 2 rings (SSSR count). The summed E-state index contributed by atoms with van der Waals surface area (Å²) in [7, 11) is 0.377. The van der Waals surface area contributed by atoms with Crippen molar-refractivity contribution in [3.05, 3.63) is 23.8 Å². The quantitative estimate of drug-likeness (QED) is 0.479. The van der Waals surface area contributed by atoms with Crippen molar-refractivity contribution in [1.29, 1.82) is 0 Å². The van der Waals surface area contributed by atoms with Crippen LogP contribution in [0.4, 0.5) is 0 Å². The summed E-state index contributed by atoms with van der Waals surface area (Å²) in [6, 6.07) is 5.84. The molecule has 28 heavy (non-hydrogen) atoms. The van der Waals surface area contributed by atoms with Crippen LogP contribution >= 0.6 is 0 Å². The minimum Gasteiger partial charge on any atom is -0.497 e. The zero-order valence-electron chi connectivity index (χ0n) is 17.3. The number of ether oxygens (including phenoxy) is 2. The summed E-state index contributed by atoms with van der Waals surface area (Å²) in [5.41, 5.74) is 1.03. The molecule has 0 radical (unpaired) electrons. The van der Waals surface area contributed by atoms with Crippen molar-refractivity contribution in [2.45, 2.75) is 57.7 Å². The zero-order valence-corrected chi connectivity index (χ0v) is 18.1. The highest BCUT2D eigenvalue weighted by Crippen LogP contribution is 2.29. The molecule has 0 aliphatic heterocycles. The first-order valence-electron chi connectivity index (χ1n) is 9.79. The van der Waals surface area contributed by atoms with Crippen LogP contribution < -0.4 is 20.1 Å². The number of benzene rings is 1. The van der Waals surface area contributed by atoms with Crippen LogP contribution in [0.2, 0.25) is 0 Å². The molecule has 158 valence electrons. The highest BCUT2D eigenvalue weighted by Gasteiger charge is 2.18. The summed E-state index contributed by atoms with van der Waals surface area (Å²) < 4.78 is 34.2. The standard InChI is InChI=1S/C20H33N3O4S/c1-15(11-12-28(4,24)25)23-20(21-2)22-14-16-9-10-18(26-3)13-19(16)27-17-7-5-6-8-17/h9-10,13,15,17H,5-8,11-12,14H2,1-4H3,(H2,21,22,23). The van der Waals surface area contributed by atoms with Gasteiger partial charge in [-0.25, -0.2) is 8.42 Å². The van der Waals surface area contributed by atoms with Gasteiger partial charge < -0.3 is 20.1 Å². The Morgan fingerprint density at radius 3 is 2.64 bits per heavy atom. The zero-order chi connectivity index (χ0) is 20.6. The van der Waals surface area contributed by atoms with Crippen molar-refractivity contribution in [3.8, 4) is 11.5 Å². The third-order valence-corrected chi connectivity index (χ3v) is 5.82. The molecule has 7 nitrogen and oxygen atoms in total. The van der Waals surface area contributed by atoms with Crippen LogP contribution in [0.25, 0.3) is 0 Å². The lowest BCUT2D eigenvalue weighted by Gasteiger charge is -2.20. The summed E-state index contributed by atoms with van der Waals surface area (Å²) in [4.78, 5) is 4.23. The molecule has 0 saturated heterocycles. The van der Waals surface area contributed by atoms with Gasteiger partial charge >= 0.3 is 0 Å². The Bertz CT molecular complexity index is 759. The molecule has 0 aromatic heterocycles. The van der Waals surface area contributed by atoms with Crippen LogP contribution in [-0.4, -0.2) is 52.7 Å². The molecule has 0 amide bonds. The summed E-state index contributed by atoms with van der Waals surface area (Å²) in [5, 5.41) is 6.52. The lowest BCUT2D eigenvalue weighted by atomic mass is 10.1. The summed E-state index contributed by atoms with van der Waals surface area (Å²) in [6.07, 6.45) is 6.64. The maximum atomic E-state index is 11.3. The van der Waals surface area contributed by atoms with E-state index in [0.29, 0.717) is 18.9 Å². The van der Waals surface area contributed by atoms with Crippen molar-refractivity contribution in [1.82, 2.24) is 10.6 Å². The van der Waals surface area contributed by atoms with Gasteiger partial charge in [0.15, 0.2) is 5.96 Å². The van der Waals surface area contributed by atoms with Crippen LogP contribution in [0, 0.1) is 0 Å². The lowest BCUT2D eigenvalue weighted by Crippen LogP contribution is -2.42. The van der Waals surface area contributed by atoms with Gasteiger partial charge in [0.25, 0.3) is 0 Å². The Balaban J connectivity index is 1.97. The van der Waals surface area contributed by atoms with E-state index < -0.39 is 9.84 Å². The Kier molecular flexibility index (Phi) is 8.41. The number of nitrogens with one attached hydrogen (secondary N) is 2. The predicted octanol–water partition coefficient (Wildman–Crippen LogP) is 2.50. The highest BCUT2D eigenvalue weighted by atomic mass is 32.2. The van der Waals surface area contributed by atoms with Crippen LogP contribution in [0.5, 0.6) is 11.5 Å². The summed E-state index contributed by atoms with van der Waals surface area (Å²) in [5.74, 6) is 2.38. The molecular weight excluding hydrogens is 378 g/mol. The van der Waals surface area contributed by atoms with Gasteiger partial charge in [-0.1, -0.05) is 0 Å². The lowest BCUT2D eigenvalue weighted by molar-refractivity contribution is 0.207. The average Bonchev–Trinajstić information content (AvgIpc) is 3.16. The monoisotopic (exact) mass is 411 g/mol. The van der Waals surface area contributed by atoms with Crippen molar-refractivity contribution in [2.75, 3.05) is 26.2 Å². The van der Waals surface area contributed by atoms with E-state index in [-0.39, 0.29) is 17.9 Å². The van der Waals surface area contributed by atoms with Crippen LogP contribution in [-0.2, 0) is 16.4 Å². The molecule has 0 spiro atoms. The van der Waals surface area contributed by atoms with Gasteiger partial charge in [-0.3, -0.25) is 4.99 Å². The fourth-order valence-electron chi connectivity index (χ4n) is 3.17. The number of sulfone groups is 1. The van der Waals surface area contributed by atoms with Crippen LogP contribution in [0.15, 0.2) is 23.2 Å². The first-order valence-corrected chi connectivity index (χ1v) is 11.8. The first-order chi connectivity index (χ1) is 13.3. The van der Waals surface area contributed by atoms with E-state index in [4.69, 9.17) is 9.47 Å². The van der Waals surface area contributed by atoms with Gasteiger partial charge in [-0.05, 0) is 51.2 Å². The Morgan fingerprint density at radius 1 is 1.32 bits per heavy atom. The molecule has 0 heterocycles. The van der Waals surface area contributed by atoms with E-state index in [1.54, 1.807) is 14.2 Å². The number of rotatable bonds is 9. The smallest absolute Gasteiger partial charge is 0.191 e. The van der Waals surface area contributed by atoms with E-state index in [9.17, 15) is 8.42 Å². The molecule has 1 aromatic carbocycles. The molecule has 2 N–H and O–H groups in total. The second-order valence-corrected chi connectivity index (χ2v) is 9.65. The normalized spacial score (nSPS) is 16.6. The topological polar surface area (TPSA) is 89.0 Å². The van der Waals surface area contributed by atoms with Gasteiger partial charge in [0.2, 0.25) is 0 Å². The first kappa shape index (κ1) is 22.3. The number of nitrogens with zero attached hydrogens (tertiary/aromatic N) is 1. The largest absolute Gasteiger partial charge is 0.497 e. The molecule has 1 aromatic rings. The molecular formula is C20H33N3O4S. The van der Waals surface area contributed by atoms with Gasteiger partial charge in [-0.15, -0.1) is 0 Å². The third-order valence-electron chi connectivity index (χ3n) is 4.84. The van der Waals surface area contributed by atoms with E-state index in [1.165, 1.54) is 19.1 Å². The molecule has 1 aliphatic carbocycles. The van der Waals surface area contributed by atoms with Gasteiger partial charge in [0, 0.05) is 37.5 Å². The summed E-state index contributed by atoms with van der Waals surface area (Å²) in [6.45, 7) is 2.49. The van der Waals surface area contributed by atoms with E-state index in [1.807, 2.05) is 25.1 Å². The number of hydrogen-bond donors (Lipinski definition) is 2. The molecule has 1 atom stereocenters. The molecule has 1 aliphatic rings. The molecule has 0 bridgehead atoms. The average molecular weight is 412 g/mol. The number of hydrogen-bond acceptors (Lipinski definition) is 5. The number of methoxy groups -OCH3 is 1. The maximum absolute atomic E-state index is 11.3. The fraction of sp³-hybridized carbons (Fsp3) is 0.650. The van der Waals surface area contributed by atoms with E-state index >= 15 is 0 Å². The molecule has 1 saturated carbocycles. The van der Waals surface area contributed by atoms with E-state index in [0.717, 1.165) is 29.9 Å². The van der Waals surface area contributed by atoms with Crippen LogP contribution in [0.3, 0.4) is 0 Å². The second-order valence-electron chi connectivity index (χ2n) is 7.39. The van der Waals surface area contributed by atoms with Gasteiger partial charge in [0.1, 0.15) is 21.3 Å². The van der Waals surface area contributed by atoms with Crippen molar-refractivity contribution < 1.29 is 17.9 Å². The highest BCUT2D eigenvalue weighted by molar-refractivity contribution is 7.90. The van der Waals surface area contributed by atoms with Gasteiger partial charge in [-0.2, -0.15) is 0 Å². The number of guanidine groups is 1. The van der Waals surface area contributed by atoms with Crippen molar-refractivity contribution >= 4 is 15.8 Å². The minimum atomic E-state index is -2.97. The summed E-state index contributed by atoms with van der Waals surface area (Å²) >= 11 is 0. The second kappa shape index (κ2) is 10.5. The van der Waals surface area contributed by atoms with Crippen molar-refractivity contribution in [3.63, 3.8) is 0 Å². The fourth-order valence-corrected chi connectivity index (χ4v) is 3.96. The Labute approximate surface area is 168 Å². The van der Waals surface area contributed by atoms with Crippen molar-refractivity contribution in [2.24, 2.45) is 4.99 Å². The molecule has 1 fully saturated rings. The van der Waals surface area contributed by atoms with Gasteiger partial charge in [0.05, 0.1) is 19.0 Å². The molecule has 1 unspecified atom stereocenters. The SMILES string of the molecule is CN=C(NCc1ccc(OC)cc1OC1CCCC1)NC(C)CCS(C)(=O)=O. The maximum Gasteiger partial charge on any atom is 0.191 e. The minimum absolute atomic E-state index is 0.00833. The third kappa shape index (κ3) is 7.58. The Hall–Kier alpha value is -1.96.